The summed E-state index contributed by atoms with van der Waals surface area (Å²) in [7, 11) is -5.00. The van der Waals surface area contributed by atoms with Gasteiger partial charge in [0.05, 0.1) is 5.69 Å². The molecule has 0 amide bonds. The van der Waals surface area contributed by atoms with Gasteiger partial charge in [-0.3, -0.25) is 0 Å². The van der Waals surface area contributed by atoms with Crippen molar-refractivity contribution >= 4 is 10.2 Å². The van der Waals surface area contributed by atoms with E-state index < -0.39 is 27.1 Å². The Bertz CT molecular complexity index is 944. The molecule has 0 N–H and O–H groups in total. The molecule has 2 aliphatic rings. The summed E-state index contributed by atoms with van der Waals surface area (Å²) in [5.41, 5.74) is 1.23. The van der Waals surface area contributed by atoms with Gasteiger partial charge in [-0.05, 0) is 54.7 Å². The summed E-state index contributed by atoms with van der Waals surface area (Å²) in [5, 5.41) is 3.40. The number of hydrogen-bond donors (Lipinski definition) is 0. The van der Waals surface area contributed by atoms with Crippen LogP contribution in [0.25, 0.3) is 5.69 Å². The topological polar surface area (TPSA) is 64.8 Å². The molecule has 1 heterocycles. The minimum absolute atomic E-state index is 0.0199. The van der Waals surface area contributed by atoms with Gasteiger partial charge in [0.15, 0.2) is 0 Å². The molecular formula is C15H13F4N3O2S. The average molecular weight is 375 g/mol. The summed E-state index contributed by atoms with van der Waals surface area (Å²) in [5.74, 6) is -1.24. The number of hydrogen-bond acceptors (Lipinski definition) is 4. The Morgan fingerprint density at radius 3 is 2.12 bits per heavy atom. The van der Waals surface area contributed by atoms with E-state index >= 15 is 0 Å². The maximum absolute atomic E-state index is 13.8. The molecule has 0 radical (unpaired) electrons. The smallest absolute Gasteiger partial charge is 0.220 e. The molecule has 1 aromatic carbocycles. The van der Waals surface area contributed by atoms with Crippen LogP contribution in [0.15, 0.2) is 23.4 Å². The highest BCUT2D eigenvalue weighted by Gasteiger charge is 2.38. The molecule has 4 rings (SSSR count). The molecule has 2 saturated carbocycles. The lowest BCUT2D eigenvalue weighted by Crippen LogP contribution is -2.10. The van der Waals surface area contributed by atoms with E-state index in [1.165, 1.54) is 0 Å². The van der Waals surface area contributed by atoms with Crippen LogP contribution < -0.4 is 0 Å². The maximum Gasteiger partial charge on any atom is 0.453 e. The number of alkyl halides is 3. The second kappa shape index (κ2) is 5.26. The van der Waals surface area contributed by atoms with Gasteiger partial charge >= 0.3 is 16.4 Å². The van der Waals surface area contributed by atoms with Gasteiger partial charge in [-0.15, -0.1) is 8.98 Å². The van der Waals surface area contributed by atoms with Crippen LogP contribution in [0.3, 0.4) is 0 Å². The number of rotatable bonds is 4. The third-order valence-electron chi connectivity index (χ3n) is 4.45. The van der Waals surface area contributed by atoms with Gasteiger partial charge in [0.1, 0.15) is 11.2 Å². The van der Waals surface area contributed by atoms with Gasteiger partial charge in [0.2, 0.25) is 0 Å². The van der Waals surface area contributed by atoms with Crippen molar-refractivity contribution in [3.63, 3.8) is 0 Å². The van der Waals surface area contributed by atoms with Crippen LogP contribution >= 0.6 is 0 Å². The number of nitrogens with zero attached hydrogens (tertiary/aromatic N) is 3. The number of halogens is 4. The quantitative estimate of drug-likeness (QED) is 0.604. The van der Waals surface area contributed by atoms with Crippen LogP contribution in [0.1, 0.15) is 54.5 Å². The van der Waals surface area contributed by atoms with Gasteiger partial charge in [-0.2, -0.15) is 21.6 Å². The summed E-state index contributed by atoms with van der Waals surface area (Å²) < 4.78 is 75.9. The zero-order chi connectivity index (χ0) is 18.0. The Hall–Kier alpha value is -1.97. The Morgan fingerprint density at radius 2 is 1.64 bits per heavy atom. The number of aromatic nitrogens is 3. The molecule has 0 spiro atoms. The van der Waals surface area contributed by atoms with E-state index in [9.17, 15) is 25.5 Å². The highest BCUT2D eigenvalue weighted by Crippen LogP contribution is 2.49. The second-order valence-electron chi connectivity index (χ2n) is 6.45. The summed E-state index contributed by atoms with van der Waals surface area (Å²) in [6, 6.07) is 2.71. The van der Waals surface area contributed by atoms with Gasteiger partial charge < -0.3 is 0 Å². The molecule has 0 atom stereocenters. The number of benzene rings is 1. The van der Waals surface area contributed by atoms with Crippen LogP contribution in [0.2, 0.25) is 0 Å². The van der Waals surface area contributed by atoms with Crippen LogP contribution in [-0.2, 0) is 16.4 Å². The predicted molar refractivity (Wildman–Crippen MR) is 78.6 cm³/mol. The molecule has 2 fully saturated rings. The molecule has 1 aromatic heterocycles. The Balaban J connectivity index is 1.90. The van der Waals surface area contributed by atoms with Gasteiger partial charge in [0, 0.05) is 0 Å². The first-order valence-electron chi connectivity index (χ1n) is 7.76. The molecule has 134 valence electrons. The first-order valence-corrected chi connectivity index (χ1v) is 9.14. The highest BCUT2D eigenvalue weighted by molar-refractivity contribution is 7.86. The van der Waals surface area contributed by atoms with Crippen molar-refractivity contribution in [2.24, 2.45) is 0 Å². The fourth-order valence-corrected chi connectivity index (χ4v) is 3.72. The third kappa shape index (κ3) is 3.14. The van der Waals surface area contributed by atoms with Crippen molar-refractivity contribution in [2.45, 2.75) is 48.6 Å². The highest BCUT2D eigenvalue weighted by atomic mass is 32.3. The lowest BCUT2D eigenvalue weighted by atomic mass is 10.0. The van der Waals surface area contributed by atoms with E-state index in [4.69, 9.17) is 0 Å². The molecule has 25 heavy (non-hydrogen) atoms. The Morgan fingerprint density at radius 1 is 1.04 bits per heavy atom. The van der Waals surface area contributed by atoms with Gasteiger partial charge in [-0.1, -0.05) is 6.07 Å². The lowest BCUT2D eigenvalue weighted by Gasteiger charge is -2.14. The van der Waals surface area contributed by atoms with E-state index in [1.54, 1.807) is 6.07 Å². The van der Waals surface area contributed by atoms with Crippen molar-refractivity contribution in [1.82, 2.24) is 14.8 Å². The van der Waals surface area contributed by atoms with Crippen LogP contribution in [0.5, 0.6) is 0 Å². The molecular weight excluding hydrogens is 362 g/mol. The SMILES string of the molecule is O=S(=O)(F)c1cc(-n2cnc(C(F)(F)F)n2)c(C2CC2)cc1C1CC1. The third-order valence-corrected chi connectivity index (χ3v) is 5.33. The molecule has 2 aliphatic carbocycles. The predicted octanol–water partition coefficient (Wildman–Crippen LogP) is 3.70. The fourth-order valence-electron chi connectivity index (χ4n) is 2.96. The van der Waals surface area contributed by atoms with E-state index in [-0.39, 0.29) is 17.5 Å². The van der Waals surface area contributed by atoms with E-state index in [0.717, 1.165) is 42.8 Å². The molecule has 0 bridgehead atoms. The van der Waals surface area contributed by atoms with Gasteiger partial charge in [0.25, 0.3) is 5.82 Å². The molecule has 0 unspecified atom stereocenters. The summed E-state index contributed by atoms with van der Waals surface area (Å²) in [4.78, 5) is 2.74. The fraction of sp³-hybridized carbons (Fsp3) is 0.467. The van der Waals surface area contributed by atoms with E-state index in [2.05, 4.69) is 10.1 Å². The van der Waals surface area contributed by atoms with E-state index in [0.29, 0.717) is 11.1 Å². The van der Waals surface area contributed by atoms with Gasteiger partial charge in [-0.25, -0.2) is 9.67 Å². The van der Waals surface area contributed by atoms with Crippen LogP contribution in [0.4, 0.5) is 17.1 Å². The Labute approximate surface area is 140 Å². The molecule has 5 nitrogen and oxygen atoms in total. The standard InChI is InChI=1S/C15H13F4N3O2S/c16-15(17,18)14-20-7-22(21-14)12-6-13(25(19,23)24)11(9-3-4-9)5-10(12)8-1-2-8/h5-9H,1-4H2. The molecule has 2 aromatic rings. The minimum atomic E-state index is -5.00. The normalized spacial score (nSPS) is 18.6. The molecule has 10 heteroatoms. The van der Waals surface area contributed by atoms with Crippen LogP contribution in [0, 0.1) is 0 Å². The lowest BCUT2D eigenvalue weighted by molar-refractivity contribution is -0.144. The average Bonchev–Trinajstić information content (AvgIpc) is 3.42. The second-order valence-corrected chi connectivity index (χ2v) is 7.76. The molecule has 0 aliphatic heterocycles. The van der Waals surface area contributed by atoms with Crippen molar-refractivity contribution in [3.05, 3.63) is 35.4 Å². The monoisotopic (exact) mass is 375 g/mol. The van der Waals surface area contributed by atoms with E-state index in [1.807, 2.05) is 0 Å². The maximum atomic E-state index is 13.8. The Kier molecular flexibility index (Phi) is 3.47. The van der Waals surface area contributed by atoms with Crippen molar-refractivity contribution in [1.29, 1.82) is 0 Å². The summed E-state index contributed by atoms with van der Waals surface area (Å²) in [6.07, 6.45) is -0.607. The van der Waals surface area contributed by atoms with Crippen molar-refractivity contribution < 1.29 is 25.5 Å². The summed E-state index contributed by atoms with van der Waals surface area (Å²) in [6.45, 7) is 0. The molecule has 0 saturated heterocycles. The largest absolute Gasteiger partial charge is 0.453 e. The van der Waals surface area contributed by atoms with Crippen molar-refractivity contribution in [2.75, 3.05) is 0 Å². The van der Waals surface area contributed by atoms with Crippen LogP contribution in [-0.4, -0.2) is 23.2 Å². The first-order chi connectivity index (χ1) is 11.6. The summed E-state index contributed by atoms with van der Waals surface area (Å²) >= 11 is 0. The zero-order valence-electron chi connectivity index (χ0n) is 12.8. The zero-order valence-corrected chi connectivity index (χ0v) is 13.6. The first kappa shape index (κ1) is 16.5. The minimum Gasteiger partial charge on any atom is -0.220 e. The van der Waals surface area contributed by atoms with Crippen molar-refractivity contribution in [3.8, 4) is 5.69 Å².